The van der Waals surface area contributed by atoms with Gasteiger partial charge in [-0.1, -0.05) is 48.3 Å². The molecule has 2 aliphatic heterocycles. The summed E-state index contributed by atoms with van der Waals surface area (Å²) in [4.78, 5) is 29.3. The second kappa shape index (κ2) is 6.75. The molecule has 2 amide bonds. The number of nitrogens with zero attached hydrogens (tertiary/aromatic N) is 2. The molecule has 0 spiro atoms. The van der Waals surface area contributed by atoms with Gasteiger partial charge in [-0.25, -0.2) is 4.39 Å². The van der Waals surface area contributed by atoms with Gasteiger partial charge >= 0.3 is 0 Å². The van der Waals surface area contributed by atoms with Crippen LogP contribution in [0.2, 0.25) is 0 Å². The normalized spacial score (nSPS) is 19.1. The fourth-order valence-electron chi connectivity index (χ4n) is 3.14. The van der Waals surface area contributed by atoms with E-state index < -0.39 is 5.82 Å². The van der Waals surface area contributed by atoms with Gasteiger partial charge in [0.15, 0.2) is 4.32 Å². The molecule has 4 rings (SSSR count). The van der Waals surface area contributed by atoms with Gasteiger partial charge in [0.25, 0.3) is 11.8 Å². The molecule has 0 bridgehead atoms. The molecule has 0 atom stereocenters. The summed E-state index contributed by atoms with van der Waals surface area (Å²) in [6.45, 7) is 4.04. The number of amides is 2. The highest BCUT2D eigenvalue weighted by molar-refractivity contribution is 8.27. The highest BCUT2D eigenvalue weighted by atomic mass is 32.2. The van der Waals surface area contributed by atoms with E-state index in [4.69, 9.17) is 12.2 Å². The molecule has 7 heteroatoms. The van der Waals surface area contributed by atoms with Crippen molar-refractivity contribution >= 4 is 57.1 Å². The average Bonchev–Trinajstić information content (AvgIpc) is 3.10. The number of thiocarbonyl (C=S) groups is 1. The smallest absolute Gasteiger partial charge is 0.271 e. The number of rotatable bonds is 3. The third kappa shape index (κ3) is 2.79. The maximum Gasteiger partial charge on any atom is 0.271 e. The van der Waals surface area contributed by atoms with Crippen molar-refractivity contribution in [1.82, 2.24) is 0 Å². The predicted octanol–water partition coefficient (Wildman–Crippen LogP) is 4.13. The van der Waals surface area contributed by atoms with E-state index in [1.807, 2.05) is 24.3 Å². The largest absolute Gasteiger partial charge is 0.304 e. The van der Waals surface area contributed by atoms with E-state index in [-0.39, 0.29) is 16.7 Å². The molecule has 2 aliphatic rings. The lowest BCUT2D eigenvalue weighted by atomic mass is 10.1. The number of carbonyl (C=O) groups excluding carboxylic acids is 2. The molecule has 0 unspecified atom stereocenters. The van der Waals surface area contributed by atoms with Gasteiger partial charge < -0.3 is 4.90 Å². The molecule has 1 fully saturated rings. The Kier molecular flexibility index (Phi) is 4.41. The molecule has 4 nitrogen and oxygen atoms in total. The van der Waals surface area contributed by atoms with Crippen LogP contribution < -0.4 is 9.80 Å². The number of anilines is 2. The SMILES string of the molecule is C=CCN1C(=O)C(=C2SC(=S)N(c3ccc(F)cc3)C2=O)c2ccccc21. The molecule has 0 aliphatic carbocycles. The summed E-state index contributed by atoms with van der Waals surface area (Å²) in [7, 11) is 0. The highest BCUT2D eigenvalue weighted by Gasteiger charge is 2.42. The van der Waals surface area contributed by atoms with Crippen LogP contribution in [0.3, 0.4) is 0 Å². The van der Waals surface area contributed by atoms with Crippen LogP contribution in [-0.2, 0) is 9.59 Å². The van der Waals surface area contributed by atoms with Crippen LogP contribution in [0.15, 0.2) is 66.1 Å². The molecule has 0 radical (unpaired) electrons. The number of benzene rings is 2. The number of fused-ring (bicyclic) bond motifs is 1. The lowest BCUT2D eigenvalue weighted by Crippen LogP contribution is -2.29. The van der Waals surface area contributed by atoms with Gasteiger partial charge in [-0.3, -0.25) is 14.5 Å². The molecule has 0 aromatic heterocycles. The van der Waals surface area contributed by atoms with Crippen LogP contribution in [-0.4, -0.2) is 22.7 Å². The summed E-state index contributed by atoms with van der Waals surface area (Å²) in [6, 6.07) is 12.8. The van der Waals surface area contributed by atoms with Crippen molar-refractivity contribution in [3.63, 3.8) is 0 Å². The third-order valence-corrected chi connectivity index (χ3v) is 5.69. The Morgan fingerprint density at radius 1 is 1.07 bits per heavy atom. The van der Waals surface area contributed by atoms with E-state index >= 15 is 0 Å². The fourth-order valence-corrected chi connectivity index (χ4v) is 4.51. The quantitative estimate of drug-likeness (QED) is 0.444. The van der Waals surface area contributed by atoms with Gasteiger partial charge in [0, 0.05) is 12.1 Å². The summed E-state index contributed by atoms with van der Waals surface area (Å²) < 4.78 is 13.5. The van der Waals surface area contributed by atoms with Gasteiger partial charge in [-0.2, -0.15) is 0 Å². The van der Waals surface area contributed by atoms with Crippen LogP contribution in [0, 0.1) is 5.82 Å². The van der Waals surface area contributed by atoms with Gasteiger partial charge in [0.05, 0.1) is 21.9 Å². The standard InChI is InChI=1S/C20H13FN2O2S2/c1-2-11-22-15-6-4-3-5-14(15)16(18(22)24)17-19(25)23(20(26)27-17)13-9-7-12(21)8-10-13/h2-10H,1,11H2. The molecule has 134 valence electrons. The average molecular weight is 396 g/mol. The van der Waals surface area contributed by atoms with Crippen LogP contribution in [0.5, 0.6) is 0 Å². The number of para-hydroxylation sites is 1. The number of halogens is 1. The van der Waals surface area contributed by atoms with E-state index in [9.17, 15) is 14.0 Å². The van der Waals surface area contributed by atoms with E-state index in [0.717, 1.165) is 17.4 Å². The lowest BCUT2D eigenvalue weighted by molar-refractivity contribution is -0.115. The number of hydrogen-bond donors (Lipinski definition) is 0. The lowest BCUT2D eigenvalue weighted by Gasteiger charge is -2.14. The first-order valence-corrected chi connectivity index (χ1v) is 9.33. The zero-order valence-corrected chi connectivity index (χ0v) is 15.6. The minimum absolute atomic E-state index is 0.254. The van der Waals surface area contributed by atoms with Gasteiger partial charge in [-0.05, 0) is 30.3 Å². The molecule has 2 aromatic carbocycles. The Labute approximate surface area is 165 Å². The maximum absolute atomic E-state index is 13.2. The Balaban J connectivity index is 1.83. The first-order valence-electron chi connectivity index (χ1n) is 8.11. The van der Waals surface area contributed by atoms with Gasteiger partial charge in [0.2, 0.25) is 0 Å². The minimum Gasteiger partial charge on any atom is -0.304 e. The molecule has 0 saturated carbocycles. The van der Waals surface area contributed by atoms with Crippen LogP contribution in [0.4, 0.5) is 15.8 Å². The van der Waals surface area contributed by atoms with Crippen molar-refractivity contribution in [2.45, 2.75) is 0 Å². The van der Waals surface area contributed by atoms with Crippen molar-refractivity contribution in [3.8, 4) is 0 Å². The summed E-state index contributed by atoms with van der Waals surface area (Å²) in [5.41, 5.74) is 2.25. The predicted molar refractivity (Wildman–Crippen MR) is 110 cm³/mol. The topological polar surface area (TPSA) is 40.6 Å². The summed E-state index contributed by atoms with van der Waals surface area (Å²) >= 11 is 6.45. The maximum atomic E-state index is 13.2. The van der Waals surface area contributed by atoms with Crippen LogP contribution in [0.25, 0.3) is 5.57 Å². The van der Waals surface area contributed by atoms with E-state index in [1.54, 1.807) is 11.0 Å². The van der Waals surface area contributed by atoms with E-state index in [0.29, 0.717) is 27.7 Å². The van der Waals surface area contributed by atoms with Crippen molar-refractivity contribution in [3.05, 3.63) is 77.5 Å². The number of thioether (sulfide) groups is 1. The molecular formula is C20H13FN2O2S2. The number of hydrogen-bond acceptors (Lipinski definition) is 4. The van der Waals surface area contributed by atoms with Gasteiger partial charge in [-0.15, -0.1) is 6.58 Å². The van der Waals surface area contributed by atoms with Crippen molar-refractivity contribution in [1.29, 1.82) is 0 Å². The Morgan fingerprint density at radius 3 is 2.48 bits per heavy atom. The van der Waals surface area contributed by atoms with Gasteiger partial charge in [0.1, 0.15) is 5.82 Å². The molecule has 2 heterocycles. The monoisotopic (exact) mass is 396 g/mol. The molecule has 2 aromatic rings. The third-order valence-electron chi connectivity index (χ3n) is 4.32. The molecular weight excluding hydrogens is 383 g/mol. The van der Waals surface area contributed by atoms with Crippen molar-refractivity contribution < 1.29 is 14.0 Å². The van der Waals surface area contributed by atoms with Crippen LogP contribution >= 0.6 is 24.0 Å². The minimum atomic E-state index is -0.400. The Hall–Kier alpha value is -2.77. The summed E-state index contributed by atoms with van der Waals surface area (Å²) in [5.74, 6) is -1.03. The second-order valence-electron chi connectivity index (χ2n) is 5.91. The Morgan fingerprint density at radius 2 is 1.78 bits per heavy atom. The second-order valence-corrected chi connectivity index (χ2v) is 7.55. The van der Waals surface area contributed by atoms with Crippen LogP contribution in [0.1, 0.15) is 5.56 Å². The summed E-state index contributed by atoms with van der Waals surface area (Å²) in [5, 5.41) is 0. The zero-order valence-electron chi connectivity index (χ0n) is 14.0. The van der Waals surface area contributed by atoms with E-state index in [1.165, 1.54) is 29.2 Å². The first-order chi connectivity index (χ1) is 13.0. The summed E-state index contributed by atoms with van der Waals surface area (Å²) in [6.07, 6.45) is 1.64. The Bertz CT molecular complexity index is 1030. The van der Waals surface area contributed by atoms with Crippen molar-refractivity contribution in [2.24, 2.45) is 0 Å². The molecule has 27 heavy (non-hydrogen) atoms. The van der Waals surface area contributed by atoms with E-state index in [2.05, 4.69) is 6.58 Å². The molecule has 0 N–H and O–H groups in total. The zero-order chi connectivity index (χ0) is 19.1. The number of carbonyl (C=O) groups is 2. The first kappa shape index (κ1) is 17.6. The van der Waals surface area contributed by atoms with Crippen molar-refractivity contribution in [2.75, 3.05) is 16.3 Å². The highest BCUT2D eigenvalue weighted by Crippen LogP contribution is 2.45. The fraction of sp³-hybridized carbons (Fsp3) is 0.0500. The molecule has 1 saturated heterocycles.